The molecule has 0 saturated carbocycles. The molecule has 2 aromatic heterocycles. The molecule has 3 nitrogen and oxygen atoms in total. The van der Waals surface area contributed by atoms with Crippen LogP contribution in [0.2, 0.25) is 0 Å². The van der Waals surface area contributed by atoms with E-state index in [-0.39, 0.29) is 5.78 Å². The number of ketones is 1. The lowest BCUT2D eigenvalue weighted by atomic mass is 10.1. The number of hydrogen-bond acceptors (Lipinski definition) is 2. The average molecular weight is 299 g/mol. The first-order chi connectivity index (χ1) is 10.1. The Labute approximate surface area is 128 Å². The van der Waals surface area contributed by atoms with Crippen molar-refractivity contribution in [3.63, 3.8) is 0 Å². The van der Waals surface area contributed by atoms with E-state index in [4.69, 9.17) is 0 Å². The molecule has 0 bridgehead atoms. The van der Waals surface area contributed by atoms with E-state index in [1.165, 1.54) is 10.5 Å². The fourth-order valence-corrected chi connectivity index (χ4v) is 3.47. The zero-order chi connectivity index (χ0) is 14.8. The number of quaternary nitrogens is 1. The summed E-state index contributed by atoms with van der Waals surface area (Å²) in [7, 11) is 2.07. The van der Waals surface area contributed by atoms with Crippen LogP contribution in [0.1, 0.15) is 21.6 Å². The number of aryl methyl sites for hydroxylation is 1. The van der Waals surface area contributed by atoms with Gasteiger partial charge in [0.1, 0.15) is 13.1 Å². The van der Waals surface area contributed by atoms with Gasteiger partial charge >= 0.3 is 0 Å². The number of para-hydroxylation sites is 1. The first kappa shape index (κ1) is 14.0. The lowest BCUT2D eigenvalue weighted by Crippen LogP contribution is -3.08. The van der Waals surface area contributed by atoms with Gasteiger partial charge in [0.25, 0.3) is 0 Å². The normalized spacial score (nSPS) is 12.7. The van der Waals surface area contributed by atoms with Crippen LogP contribution in [0.25, 0.3) is 10.9 Å². The molecule has 0 amide bonds. The van der Waals surface area contributed by atoms with Crippen molar-refractivity contribution in [2.24, 2.45) is 0 Å². The third-order valence-corrected chi connectivity index (χ3v) is 4.45. The molecule has 0 aliphatic rings. The van der Waals surface area contributed by atoms with Crippen LogP contribution in [-0.4, -0.2) is 24.4 Å². The third kappa shape index (κ3) is 2.91. The van der Waals surface area contributed by atoms with Crippen molar-refractivity contribution in [1.82, 2.24) is 4.98 Å². The minimum Gasteiger partial charge on any atom is -0.358 e. The van der Waals surface area contributed by atoms with Crippen molar-refractivity contribution >= 4 is 28.0 Å². The van der Waals surface area contributed by atoms with Crippen molar-refractivity contribution < 1.29 is 9.69 Å². The van der Waals surface area contributed by atoms with Gasteiger partial charge in [-0.15, -0.1) is 0 Å². The lowest BCUT2D eigenvalue weighted by molar-refractivity contribution is -0.884. The minimum absolute atomic E-state index is 0.206. The molecule has 2 heterocycles. The number of thiophene rings is 1. The van der Waals surface area contributed by atoms with E-state index in [1.807, 2.05) is 31.2 Å². The molecule has 0 spiro atoms. The van der Waals surface area contributed by atoms with E-state index in [1.54, 1.807) is 11.3 Å². The molecule has 0 fully saturated rings. The largest absolute Gasteiger partial charge is 0.358 e. The molecule has 0 saturated heterocycles. The Morgan fingerprint density at radius 3 is 2.86 bits per heavy atom. The highest BCUT2D eigenvalue weighted by Gasteiger charge is 2.19. The molecule has 0 aliphatic heterocycles. The molecule has 21 heavy (non-hydrogen) atoms. The molecule has 1 aromatic carbocycles. The highest BCUT2D eigenvalue weighted by Crippen LogP contribution is 2.21. The van der Waals surface area contributed by atoms with Gasteiger partial charge in [0.15, 0.2) is 0 Å². The van der Waals surface area contributed by atoms with Gasteiger partial charge < -0.3 is 9.88 Å². The Morgan fingerprint density at radius 2 is 2.10 bits per heavy atom. The van der Waals surface area contributed by atoms with E-state index in [2.05, 4.69) is 28.9 Å². The van der Waals surface area contributed by atoms with Crippen molar-refractivity contribution in [3.8, 4) is 0 Å². The van der Waals surface area contributed by atoms with Crippen LogP contribution in [0.15, 0.2) is 41.1 Å². The molecule has 1 atom stereocenters. The monoisotopic (exact) mass is 299 g/mol. The Bertz CT molecular complexity index is 758. The molecule has 4 heteroatoms. The maximum absolute atomic E-state index is 12.6. The van der Waals surface area contributed by atoms with E-state index < -0.39 is 0 Å². The maximum atomic E-state index is 12.6. The number of nitrogens with one attached hydrogen (secondary N) is 2. The molecular weight excluding hydrogens is 280 g/mol. The maximum Gasteiger partial charge on any atom is 0.219 e. The second kappa shape index (κ2) is 5.84. The number of carbonyl (C=O) groups excluding carboxylic acids is 1. The Hall–Kier alpha value is -1.91. The van der Waals surface area contributed by atoms with Gasteiger partial charge in [-0.1, -0.05) is 18.2 Å². The standard InChI is InChI=1S/C17H18N2OS/c1-12-17(14-5-3-4-6-15(14)18-12)16(20)10-19(2)9-13-7-8-21-11-13/h3-8,11,18H,9-10H2,1-2H3/p+1. The Balaban J connectivity index is 1.79. The van der Waals surface area contributed by atoms with Gasteiger partial charge in [0, 0.05) is 22.2 Å². The van der Waals surface area contributed by atoms with Gasteiger partial charge in [-0.05, 0) is 29.8 Å². The number of aromatic amines is 1. The predicted octanol–water partition coefficient (Wildman–Crippen LogP) is 2.44. The van der Waals surface area contributed by atoms with Gasteiger partial charge in [0.2, 0.25) is 5.78 Å². The van der Waals surface area contributed by atoms with Crippen molar-refractivity contribution in [3.05, 3.63) is 57.9 Å². The quantitative estimate of drug-likeness (QED) is 0.698. The second-order valence-electron chi connectivity index (χ2n) is 5.54. The molecule has 3 aromatic rings. The Kier molecular flexibility index (Phi) is 3.90. The van der Waals surface area contributed by atoms with Crippen LogP contribution in [-0.2, 0) is 6.54 Å². The fourth-order valence-electron chi connectivity index (χ4n) is 2.80. The molecule has 108 valence electrons. The lowest BCUT2D eigenvalue weighted by Gasteiger charge is -2.12. The predicted molar refractivity (Wildman–Crippen MR) is 87.1 cm³/mol. The summed E-state index contributed by atoms with van der Waals surface area (Å²) in [5.41, 5.74) is 4.13. The second-order valence-corrected chi connectivity index (χ2v) is 6.32. The number of H-pyrrole nitrogens is 1. The van der Waals surface area contributed by atoms with Crippen LogP contribution >= 0.6 is 11.3 Å². The first-order valence-electron chi connectivity index (χ1n) is 7.08. The average Bonchev–Trinajstić information content (AvgIpc) is 3.04. The zero-order valence-electron chi connectivity index (χ0n) is 12.3. The van der Waals surface area contributed by atoms with Gasteiger partial charge in [0.05, 0.1) is 12.6 Å². The van der Waals surface area contributed by atoms with Crippen LogP contribution in [0.4, 0.5) is 0 Å². The number of Topliss-reactive ketones (excluding diaryl/α,β-unsaturated/α-hetero) is 1. The number of fused-ring (bicyclic) bond motifs is 1. The minimum atomic E-state index is 0.206. The summed E-state index contributed by atoms with van der Waals surface area (Å²) in [6.45, 7) is 3.37. The first-order valence-corrected chi connectivity index (χ1v) is 8.02. The molecule has 1 unspecified atom stereocenters. The van der Waals surface area contributed by atoms with E-state index in [0.717, 1.165) is 28.7 Å². The molecule has 2 N–H and O–H groups in total. The van der Waals surface area contributed by atoms with Gasteiger partial charge in [-0.3, -0.25) is 4.79 Å². The number of aromatic nitrogens is 1. The van der Waals surface area contributed by atoms with Crippen molar-refractivity contribution in [2.45, 2.75) is 13.5 Å². The summed E-state index contributed by atoms with van der Waals surface area (Å²) >= 11 is 1.70. The fraction of sp³-hybridized carbons (Fsp3) is 0.235. The summed E-state index contributed by atoms with van der Waals surface area (Å²) in [5, 5.41) is 5.25. The Morgan fingerprint density at radius 1 is 1.29 bits per heavy atom. The smallest absolute Gasteiger partial charge is 0.219 e. The number of benzene rings is 1. The van der Waals surface area contributed by atoms with E-state index >= 15 is 0 Å². The highest BCUT2D eigenvalue weighted by molar-refractivity contribution is 7.07. The van der Waals surface area contributed by atoms with Crippen molar-refractivity contribution in [1.29, 1.82) is 0 Å². The van der Waals surface area contributed by atoms with Crippen LogP contribution in [0, 0.1) is 6.92 Å². The van der Waals surface area contributed by atoms with Crippen molar-refractivity contribution in [2.75, 3.05) is 13.6 Å². The molecule has 3 rings (SSSR count). The molecule has 0 aliphatic carbocycles. The van der Waals surface area contributed by atoms with E-state index in [0.29, 0.717) is 6.54 Å². The third-order valence-electron chi connectivity index (χ3n) is 3.72. The number of rotatable bonds is 5. The molecular formula is C17H19N2OS+. The number of hydrogen-bond donors (Lipinski definition) is 2. The summed E-state index contributed by atoms with van der Waals surface area (Å²) in [6.07, 6.45) is 0. The van der Waals surface area contributed by atoms with Crippen LogP contribution in [0.5, 0.6) is 0 Å². The molecule has 0 radical (unpaired) electrons. The SMILES string of the molecule is Cc1[nH]c2ccccc2c1C(=O)C[NH+](C)Cc1ccsc1. The highest BCUT2D eigenvalue weighted by atomic mass is 32.1. The zero-order valence-corrected chi connectivity index (χ0v) is 13.1. The van der Waals surface area contributed by atoms with Gasteiger partial charge in [-0.25, -0.2) is 0 Å². The van der Waals surface area contributed by atoms with Gasteiger partial charge in [-0.2, -0.15) is 11.3 Å². The summed E-state index contributed by atoms with van der Waals surface area (Å²) in [5.74, 6) is 0.206. The number of likely N-dealkylation sites (N-methyl/N-ethyl adjacent to an activating group) is 1. The number of carbonyl (C=O) groups is 1. The van der Waals surface area contributed by atoms with E-state index in [9.17, 15) is 4.79 Å². The van der Waals surface area contributed by atoms with Crippen LogP contribution < -0.4 is 4.90 Å². The van der Waals surface area contributed by atoms with Crippen LogP contribution in [0.3, 0.4) is 0 Å². The topological polar surface area (TPSA) is 37.3 Å². The summed E-state index contributed by atoms with van der Waals surface area (Å²) in [6, 6.07) is 10.1. The summed E-state index contributed by atoms with van der Waals surface area (Å²) < 4.78 is 0. The summed E-state index contributed by atoms with van der Waals surface area (Å²) in [4.78, 5) is 17.2.